The average Bonchev–Trinajstić information content (AvgIpc) is 2.84. The van der Waals surface area contributed by atoms with Gasteiger partial charge in [-0.15, -0.1) is 11.8 Å². The molecule has 0 bridgehead atoms. The van der Waals surface area contributed by atoms with E-state index in [1.54, 1.807) is 11.8 Å². The van der Waals surface area contributed by atoms with Crippen LogP contribution in [0.1, 0.15) is 20.8 Å². The minimum atomic E-state index is -0.677. The van der Waals surface area contributed by atoms with Gasteiger partial charge in [0.1, 0.15) is 0 Å². The first kappa shape index (κ1) is 15.5. The molecular weight excluding hydrogens is 268 g/mol. The maximum absolute atomic E-state index is 9.62. The quantitative estimate of drug-likeness (QED) is 0.637. The van der Waals surface area contributed by atoms with Crippen molar-refractivity contribution in [2.45, 2.75) is 51.1 Å². The smallest absolute Gasteiger partial charge is 0.235 e. The van der Waals surface area contributed by atoms with E-state index in [1.165, 1.54) is 0 Å². The first-order chi connectivity index (χ1) is 9.02. The van der Waals surface area contributed by atoms with E-state index in [0.29, 0.717) is 6.54 Å². The van der Waals surface area contributed by atoms with Crippen molar-refractivity contribution in [3.05, 3.63) is 0 Å². The van der Waals surface area contributed by atoms with E-state index >= 15 is 0 Å². The summed E-state index contributed by atoms with van der Waals surface area (Å²) in [6.07, 6.45) is 1.08. The standard InChI is InChI=1S/C12H24N2O4S/c1-6-9(7(2)16-11(6)15)5-13-18-12-14-10(19-4)8(3)17-12/h6-15H,5H2,1-4H3/t6?,7-,8?,9?,10?,11?,12?/m1/s1. The Hall–Kier alpha value is 0.110. The van der Waals surface area contributed by atoms with Crippen molar-refractivity contribution in [1.82, 2.24) is 10.8 Å². The Morgan fingerprint density at radius 3 is 2.53 bits per heavy atom. The fourth-order valence-corrected chi connectivity index (χ4v) is 3.25. The highest BCUT2D eigenvalue weighted by molar-refractivity contribution is 7.99. The molecule has 7 heteroatoms. The topological polar surface area (TPSA) is 72.0 Å². The van der Waals surface area contributed by atoms with Gasteiger partial charge in [0.25, 0.3) is 0 Å². The highest BCUT2D eigenvalue weighted by atomic mass is 32.2. The summed E-state index contributed by atoms with van der Waals surface area (Å²) in [6, 6.07) is 0. The zero-order chi connectivity index (χ0) is 14.0. The highest BCUT2D eigenvalue weighted by Crippen LogP contribution is 2.30. The monoisotopic (exact) mass is 292 g/mol. The Balaban J connectivity index is 1.70. The van der Waals surface area contributed by atoms with E-state index in [-0.39, 0.29) is 29.4 Å². The minimum absolute atomic E-state index is 0.0245. The molecule has 2 fully saturated rings. The first-order valence-corrected chi connectivity index (χ1v) is 7.98. The van der Waals surface area contributed by atoms with Gasteiger partial charge in [0, 0.05) is 18.4 Å². The van der Waals surface area contributed by atoms with Gasteiger partial charge in [0.05, 0.1) is 17.6 Å². The lowest BCUT2D eigenvalue weighted by Gasteiger charge is -2.19. The lowest BCUT2D eigenvalue weighted by Crippen LogP contribution is -2.38. The van der Waals surface area contributed by atoms with E-state index in [2.05, 4.69) is 10.8 Å². The molecule has 0 aromatic carbocycles. The molecule has 0 spiro atoms. The summed E-state index contributed by atoms with van der Waals surface area (Å²) >= 11 is 1.71. The molecule has 112 valence electrons. The van der Waals surface area contributed by atoms with Gasteiger partial charge in [-0.1, -0.05) is 6.92 Å². The molecule has 0 aliphatic carbocycles. The molecule has 19 heavy (non-hydrogen) atoms. The van der Waals surface area contributed by atoms with Gasteiger partial charge in [-0.25, -0.2) is 0 Å². The molecule has 2 saturated heterocycles. The predicted octanol–water partition coefficient (Wildman–Crippen LogP) is 0.478. The Bertz CT molecular complexity index is 297. The largest absolute Gasteiger partial charge is 0.368 e. The normalized spacial score (nSPS) is 46.9. The van der Waals surface area contributed by atoms with Gasteiger partial charge in [-0.05, 0) is 20.1 Å². The lowest BCUT2D eigenvalue weighted by molar-refractivity contribution is -0.180. The molecule has 0 saturated carbocycles. The van der Waals surface area contributed by atoms with Gasteiger partial charge in [0.2, 0.25) is 6.41 Å². The molecule has 2 aliphatic rings. The van der Waals surface area contributed by atoms with Crippen molar-refractivity contribution in [3.63, 3.8) is 0 Å². The van der Waals surface area contributed by atoms with Crippen molar-refractivity contribution in [3.8, 4) is 0 Å². The van der Waals surface area contributed by atoms with E-state index < -0.39 is 12.7 Å². The van der Waals surface area contributed by atoms with Gasteiger partial charge in [-0.2, -0.15) is 5.48 Å². The zero-order valence-electron chi connectivity index (χ0n) is 11.8. The molecule has 2 aliphatic heterocycles. The van der Waals surface area contributed by atoms with Gasteiger partial charge < -0.3 is 14.6 Å². The van der Waals surface area contributed by atoms with Gasteiger partial charge >= 0.3 is 0 Å². The summed E-state index contributed by atoms with van der Waals surface area (Å²) in [5.41, 5.74) is 2.93. The third-order valence-corrected chi connectivity index (χ3v) is 4.94. The van der Waals surface area contributed by atoms with E-state index in [1.807, 2.05) is 27.0 Å². The number of aliphatic hydroxyl groups is 1. The number of hydrogen-bond donors (Lipinski definition) is 3. The van der Waals surface area contributed by atoms with Crippen LogP contribution in [0, 0.1) is 11.8 Å². The number of ether oxygens (including phenoxy) is 2. The van der Waals surface area contributed by atoms with Gasteiger partial charge in [-0.3, -0.25) is 10.2 Å². The Morgan fingerprint density at radius 1 is 1.26 bits per heavy atom. The van der Waals surface area contributed by atoms with Crippen LogP contribution in [0.15, 0.2) is 0 Å². The maximum Gasteiger partial charge on any atom is 0.235 e. The number of hydrogen-bond acceptors (Lipinski definition) is 7. The zero-order valence-corrected chi connectivity index (χ0v) is 12.6. The van der Waals surface area contributed by atoms with Crippen LogP contribution in [-0.2, 0) is 14.3 Å². The minimum Gasteiger partial charge on any atom is -0.368 e. The summed E-state index contributed by atoms with van der Waals surface area (Å²) in [6.45, 7) is 6.59. The van der Waals surface area contributed by atoms with Crippen LogP contribution in [0.4, 0.5) is 0 Å². The Kier molecular flexibility index (Phi) is 5.47. The molecule has 7 atom stereocenters. The second-order valence-electron chi connectivity index (χ2n) is 5.22. The van der Waals surface area contributed by atoms with Crippen LogP contribution in [0.3, 0.4) is 0 Å². The Labute approximate surface area is 118 Å². The molecule has 6 unspecified atom stereocenters. The highest BCUT2D eigenvalue weighted by Gasteiger charge is 2.38. The Morgan fingerprint density at radius 2 is 2.00 bits per heavy atom. The second-order valence-corrected chi connectivity index (χ2v) is 6.20. The molecule has 0 amide bonds. The second kappa shape index (κ2) is 6.71. The van der Waals surface area contributed by atoms with Crippen LogP contribution >= 0.6 is 11.8 Å². The number of nitrogens with one attached hydrogen (secondary N) is 2. The summed E-state index contributed by atoms with van der Waals surface area (Å²) in [5, 5.41) is 13.1. The molecule has 0 aromatic rings. The fourth-order valence-electron chi connectivity index (χ4n) is 2.55. The van der Waals surface area contributed by atoms with E-state index in [0.717, 1.165) is 0 Å². The van der Waals surface area contributed by atoms with E-state index in [9.17, 15) is 5.11 Å². The predicted molar refractivity (Wildman–Crippen MR) is 73.1 cm³/mol. The summed E-state index contributed by atoms with van der Waals surface area (Å²) in [7, 11) is 0. The van der Waals surface area contributed by atoms with Crippen LogP contribution in [0.2, 0.25) is 0 Å². The van der Waals surface area contributed by atoms with Crippen molar-refractivity contribution in [2.75, 3.05) is 12.8 Å². The molecule has 0 aromatic heterocycles. The molecule has 2 rings (SSSR count). The number of thioether (sulfide) groups is 1. The molecule has 6 nitrogen and oxygen atoms in total. The van der Waals surface area contributed by atoms with Crippen molar-refractivity contribution in [1.29, 1.82) is 0 Å². The third-order valence-electron chi connectivity index (χ3n) is 3.91. The van der Waals surface area contributed by atoms with Crippen LogP contribution < -0.4 is 10.8 Å². The van der Waals surface area contributed by atoms with E-state index in [4.69, 9.17) is 14.3 Å². The molecule has 3 N–H and O–H groups in total. The van der Waals surface area contributed by atoms with Crippen LogP contribution in [-0.4, -0.2) is 48.2 Å². The third kappa shape index (κ3) is 3.60. The van der Waals surface area contributed by atoms with Crippen molar-refractivity contribution < 1.29 is 19.4 Å². The summed E-state index contributed by atoms with van der Waals surface area (Å²) in [4.78, 5) is 5.47. The number of hydroxylamine groups is 1. The fraction of sp³-hybridized carbons (Fsp3) is 1.00. The summed E-state index contributed by atoms with van der Waals surface area (Å²) in [5.74, 6) is 0.326. The lowest BCUT2D eigenvalue weighted by atomic mass is 9.92. The molecule has 0 radical (unpaired) electrons. The molecular formula is C12H24N2O4S. The van der Waals surface area contributed by atoms with Gasteiger partial charge in [0.15, 0.2) is 6.29 Å². The SMILES string of the molecule is CSC1NC(ONCC2C(C)C(O)O[C@@H]2C)OC1C. The average molecular weight is 292 g/mol. The number of rotatable bonds is 5. The maximum atomic E-state index is 9.62. The summed E-state index contributed by atoms with van der Waals surface area (Å²) < 4.78 is 11.0. The van der Waals surface area contributed by atoms with Crippen LogP contribution in [0.25, 0.3) is 0 Å². The molecule has 2 heterocycles. The van der Waals surface area contributed by atoms with Crippen molar-refractivity contribution in [2.24, 2.45) is 11.8 Å². The van der Waals surface area contributed by atoms with Crippen molar-refractivity contribution >= 4 is 11.8 Å². The first-order valence-electron chi connectivity index (χ1n) is 6.69. The van der Waals surface area contributed by atoms with Crippen LogP contribution in [0.5, 0.6) is 0 Å². The number of aliphatic hydroxyl groups excluding tert-OH is 1.